The molecule has 4 nitrogen and oxygen atoms in total. The normalized spacial score (nSPS) is 26.2. The van der Waals surface area contributed by atoms with Crippen LogP contribution in [-0.2, 0) is 0 Å². The maximum atomic E-state index is 4.79. The van der Waals surface area contributed by atoms with Gasteiger partial charge in [0.1, 0.15) is 0 Å². The summed E-state index contributed by atoms with van der Waals surface area (Å²) >= 11 is 0.971. The molecule has 2 aliphatic carbocycles. The van der Waals surface area contributed by atoms with E-state index in [1.807, 2.05) is 0 Å². The molecule has 3 aromatic rings. The number of nitrogens with zero attached hydrogens (tertiary/aromatic N) is 4. The summed E-state index contributed by atoms with van der Waals surface area (Å²) in [6, 6.07) is 23.2. The van der Waals surface area contributed by atoms with Gasteiger partial charge in [-0.25, -0.2) is 0 Å². The van der Waals surface area contributed by atoms with Crippen LogP contribution >= 0.6 is 0 Å². The second kappa shape index (κ2) is 10.7. The van der Waals surface area contributed by atoms with Crippen LogP contribution in [0.2, 0.25) is 9.63 Å². The maximum absolute atomic E-state index is 4.79. The van der Waals surface area contributed by atoms with E-state index in [0.717, 1.165) is 0 Å². The Balaban J connectivity index is 1.37. The number of benzene rings is 2. The van der Waals surface area contributed by atoms with Crippen molar-refractivity contribution in [3.05, 3.63) is 66.5 Å². The van der Waals surface area contributed by atoms with Gasteiger partial charge in [0.15, 0.2) is 0 Å². The fourth-order valence-corrected chi connectivity index (χ4v) is 11.0. The van der Waals surface area contributed by atoms with E-state index in [2.05, 4.69) is 77.0 Å². The molecule has 2 fully saturated rings. The average molecular weight is 559 g/mol. The molecule has 4 atom stereocenters. The van der Waals surface area contributed by atoms with E-state index in [1.165, 1.54) is 66.1 Å². The zero-order valence-corrected chi connectivity index (χ0v) is 22.3. The fraction of sp³-hybridized carbons (Fsp3) is 0.500. The molecule has 0 amide bonds. The predicted octanol–water partition coefficient (Wildman–Crippen LogP) is 3.74. The zero-order valence-electron chi connectivity index (χ0n) is 18.8. The minimum absolute atomic E-state index is 0.485. The third-order valence-electron chi connectivity index (χ3n) is 6.92. The standard InChI is InChI=1S/C26H33N4Se2/c1-20-29(23-16-8-10-18-25(23)31-21-12-4-2-5-13-21)27-28-30(20)24-17-9-11-19-26(24)32-22-14-6-3-7-15-22/h2-7,12-15,23-26H,8-11,16-19H2,1H3/q+1/t23-,24+,25-,26+. The van der Waals surface area contributed by atoms with Gasteiger partial charge in [-0.3, -0.25) is 0 Å². The summed E-state index contributed by atoms with van der Waals surface area (Å²) in [5, 5.41) is 9.59. The second-order valence-corrected chi connectivity index (χ2v) is 14.6. The molecule has 32 heavy (non-hydrogen) atoms. The zero-order chi connectivity index (χ0) is 21.8. The Morgan fingerprint density at radius 1 is 0.750 bits per heavy atom. The molecule has 0 radical (unpaired) electrons. The Bertz CT molecular complexity index is 913. The van der Waals surface area contributed by atoms with E-state index in [-0.39, 0.29) is 0 Å². The first-order valence-electron chi connectivity index (χ1n) is 12.1. The number of rotatable bonds is 6. The molecule has 2 saturated carbocycles. The first-order chi connectivity index (χ1) is 15.8. The van der Waals surface area contributed by atoms with Gasteiger partial charge in [-0.15, -0.1) is 0 Å². The fourth-order valence-electron chi connectivity index (χ4n) is 5.27. The minimum atomic E-state index is 0.485. The van der Waals surface area contributed by atoms with Gasteiger partial charge in [0, 0.05) is 0 Å². The van der Waals surface area contributed by atoms with E-state index < -0.39 is 0 Å². The van der Waals surface area contributed by atoms with Crippen LogP contribution < -0.4 is 13.6 Å². The van der Waals surface area contributed by atoms with E-state index >= 15 is 0 Å². The van der Waals surface area contributed by atoms with Crippen LogP contribution in [0, 0.1) is 6.92 Å². The van der Waals surface area contributed by atoms with Crippen molar-refractivity contribution in [2.24, 2.45) is 0 Å². The third-order valence-corrected chi connectivity index (χ3v) is 12.8. The van der Waals surface area contributed by atoms with E-state index in [9.17, 15) is 0 Å². The molecule has 0 unspecified atom stereocenters. The summed E-state index contributed by atoms with van der Waals surface area (Å²) in [5.41, 5.74) is 0. The van der Waals surface area contributed by atoms with Crippen LogP contribution in [0.3, 0.4) is 0 Å². The monoisotopic (exact) mass is 561 g/mol. The van der Waals surface area contributed by atoms with Crippen LogP contribution in [0.15, 0.2) is 60.7 Å². The summed E-state index contributed by atoms with van der Waals surface area (Å²) in [5.74, 6) is 1.27. The topological polar surface area (TPSA) is 34.6 Å². The van der Waals surface area contributed by atoms with Crippen LogP contribution in [0.5, 0.6) is 0 Å². The quantitative estimate of drug-likeness (QED) is 0.341. The van der Waals surface area contributed by atoms with Crippen molar-refractivity contribution in [1.82, 2.24) is 15.1 Å². The molecule has 168 valence electrons. The Kier molecular flexibility index (Phi) is 7.44. The Hall–Kier alpha value is -1.45. The third kappa shape index (κ3) is 5.04. The molecule has 0 N–H and O–H groups in total. The van der Waals surface area contributed by atoms with Gasteiger partial charge in [0.05, 0.1) is 0 Å². The van der Waals surface area contributed by atoms with Crippen molar-refractivity contribution in [3.63, 3.8) is 0 Å². The molecule has 0 aliphatic heterocycles. The summed E-state index contributed by atoms with van der Waals surface area (Å²) in [4.78, 5) is 1.42. The summed E-state index contributed by atoms with van der Waals surface area (Å²) in [6.07, 6.45) is 10.5. The first kappa shape index (κ1) is 22.3. The Morgan fingerprint density at radius 3 is 2.00 bits per heavy atom. The summed E-state index contributed by atoms with van der Waals surface area (Å²) in [7, 11) is 0. The van der Waals surface area contributed by atoms with Gasteiger partial charge in [-0.1, -0.05) is 0 Å². The molecular formula is C26H33N4Se2+. The predicted molar refractivity (Wildman–Crippen MR) is 131 cm³/mol. The van der Waals surface area contributed by atoms with Crippen LogP contribution in [0.4, 0.5) is 0 Å². The number of aromatic nitrogens is 4. The van der Waals surface area contributed by atoms with Gasteiger partial charge in [0.2, 0.25) is 0 Å². The van der Waals surface area contributed by atoms with E-state index in [0.29, 0.717) is 51.6 Å². The molecule has 1 heterocycles. The Morgan fingerprint density at radius 2 is 1.31 bits per heavy atom. The number of hydrogen-bond donors (Lipinski definition) is 0. The molecule has 5 rings (SSSR count). The SMILES string of the molecule is Cc1n([C@@H]2CCCC[C@H]2[Se]c2ccccc2)nn[n+]1[C@H]1CCCC[C@@H]1[Se]c1ccccc1. The summed E-state index contributed by atoms with van der Waals surface area (Å²) in [6.45, 7) is 2.27. The van der Waals surface area contributed by atoms with Crippen LogP contribution in [0.1, 0.15) is 69.3 Å². The second-order valence-electron chi connectivity index (χ2n) is 9.06. The molecule has 0 spiro atoms. The average Bonchev–Trinajstić information content (AvgIpc) is 3.22. The molecule has 0 saturated heterocycles. The molecular weight excluding hydrogens is 526 g/mol. The molecule has 0 bridgehead atoms. The molecule has 6 heteroatoms. The van der Waals surface area contributed by atoms with E-state index in [4.69, 9.17) is 10.4 Å². The van der Waals surface area contributed by atoms with Gasteiger partial charge in [-0.05, 0) is 0 Å². The number of tetrazole rings is 1. The molecule has 2 aliphatic rings. The molecule has 1 aromatic heterocycles. The van der Waals surface area contributed by atoms with Crippen LogP contribution in [0.25, 0.3) is 0 Å². The van der Waals surface area contributed by atoms with Crippen molar-refractivity contribution in [2.75, 3.05) is 0 Å². The van der Waals surface area contributed by atoms with E-state index in [1.54, 1.807) is 0 Å². The van der Waals surface area contributed by atoms with Gasteiger partial charge in [0.25, 0.3) is 0 Å². The summed E-state index contributed by atoms with van der Waals surface area (Å²) < 4.78 is 7.66. The van der Waals surface area contributed by atoms with Crippen LogP contribution in [-0.4, -0.2) is 45.0 Å². The van der Waals surface area contributed by atoms with Crippen molar-refractivity contribution in [1.29, 1.82) is 0 Å². The van der Waals surface area contributed by atoms with Gasteiger partial charge < -0.3 is 0 Å². The van der Waals surface area contributed by atoms with Gasteiger partial charge in [-0.2, -0.15) is 0 Å². The first-order valence-corrected chi connectivity index (χ1v) is 15.8. The number of hydrogen-bond acceptors (Lipinski definition) is 2. The van der Waals surface area contributed by atoms with Gasteiger partial charge >= 0.3 is 205 Å². The van der Waals surface area contributed by atoms with Crippen molar-refractivity contribution >= 4 is 38.8 Å². The van der Waals surface area contributed by atoms with Crippen molar-refractivity contribution in [2.45, 2.75) is 80.0 Å². The van der Waals surface area contributed by atoms with Crippen molar-refractivity contribution < 1.29 is 4.68 Å². The molecule has 2 aromatic carbocycles. The van der Waals surface area contributed by atoms with Crippen molar-refractivity contribution in [3.8, 4) is 0 Å². The Labute approximate surface area is 204 Å².